The molecule has 28 heavy (non-hydrogen) atoms. The normalized spacial score (nSPS) is 14.4. The van der Waals surface area contributed by atoms with Gasteiger partial charge in [0.2, 0.25) is 5.91 Å². The zero-order valence-electron chi connectivity index (χ0n) is 15.6. The summed E-state index contributed by atoms with van der Waals surface area (Å²) in [6.45, 7) is 4.33. The number of para-hydroxylation sites is 1. The number of hydrogen-bond acceptors (Lipinski definition) is 5. The van der Waals surface area contributed by atoms with Crippen LogP contribution in [-0.4, -0.2) is 52.4 Å². The van der Waals surface area contributed by atoms with E-state index in [4.69, 9.17) is 4.74 Å². The summed E-state index contributed by atoms with van der Waals surface area (Å²) in [5, 5.41) is 1.09. The van der Waals surface area contributed by atoms with Gasteiger partial charge in [-0.25, -0.2) is 4.98 Å². The van der Waals surface area contributed by atoms with E-state index in [1.807, 2.05) is 49.4 Å². The number of fused-ring (bicyclic) bond motifs is 1. The van der Waals surface area contributed by atoms with E-state index in [0.717, 1.165) is 11.3 Å². The average molecular weight is 395 g/mol. The van der Waals surface area contributed by atoms with Gasteiger partial charge >= 0.3 is 0 Å². The first-order valence-corrected chi connectivity index (χ1v) is 10.2. The van der Waals surface area contributed by atoms with E-state index in [-0.39, 0.29) is 17.2 Å². The van der Waals surface area contributed by atoms with Gasteiger partial charge in [0.1, 0.15) is 0 Å². The number of morpholine rings is 1. The van der Waals surface area contributed by atoms with Crippen molar-refractivity contribution < 1.29 is 9.53 Å². The van der Waals surface area contributed by atoms with Crippen LogP contribution in [0.5, 0.6) is 0 Å². The molecule has 3 aromatic rings. The van der Waals surface area contributed by atoms with Gasteiger partial charge in [-0.2, -0.15) is 0 Å². The first-order chi connectivity index (χ1) is 13.6. The number of benzene rings is 2. The van der Waals surface area contributed by atoms with Crippen LogP contribution in [0.15, 0.2) is 58.5 Å². The molecule has 0 spiro atoms. The lowest BCUT2D eigenvalue weighted by molar-refractivity contribution is -0.132. The predicted octanol–water partition coefficient (Wildman–Crippen LogP) is 2.65. The molecular weight excluding hydrogens is 374 g/mol. The van der Waals surface area contributed by atoms with Crippen molar-refractivity contribution in [1.82, 2.24) is 14.5 Å². The molecule has 144 valence electrons. The predicted molar refractivity (Wildman–Crippen MR) is 110 cm³/mol. The third kappa shape index (κ3) is 3.81. The Morgan fingerprint density at radius 1 is 1.14 bits per heavy atom. The van der Waals surface area contributed by atoms with E-state index in [2.05, 4.69) is 4.98 Å². The standard InChI is InChI=1S/C21H21N3O3S/c1-15-5-4-6-16(13-15)24-20(26)17-7-2-3-8-18(17)22-21(24)28-14-19(25)23-9-11-27-12-10-23/h2-8,13H,9-12,14H2,1H3. The van der Waals surface area contributed by atoms with Crippen molar-refractivity contribution in [2.24, 2.45) is 0 Å². The summed E-state index contributed by atoms with van der Waals surface area (Å²) in [6, 6.07) is 15.0. The molecule has 4 rings (SSSR count). The molecule has 1 fully saturated rings. The van der Waals surface area contributed by atoms with Crippen LogP contribution in [0.2, 0.25) is 0 Å². The molecule has 1 amide bonds. The van der Waals surface area contributed by atoms with Crippen molar-refractivity contribution in [1.29, 1.82) is 0 Å². The third-order valence-corrected chi connectivity index (χ3v) is 5.62. The van der Waals surface area contributed by atoms with E-state index >= 15 is 0 Å². The van der Waals surface area contributed by atoms with Crippen molar-refractivity contribution in [2.75, 3.05) is 32.1 Å². The van der Waals surface area contributed by atoms with Gasteiger partial charge in [-0.15, -0.1) is 0 Å². The number of hydrogen-bond donors (Lipinski definition) is 0. The highest BCUT2D eigenvalue weighted by molar-refractivity contribution is 7.99. The van der Waals surface area contributed by atoms with E-state index < -0.39 is 0 Å². The minimum atomic E-state index is -0.127. The number of carbonyl (C=O) groups excluding carboxylic acids is 1. The smallest absolute Gasteiger partial charge is 0.266 e. The molecule has 0 N–H and O–H groups in total. The minimum absolute atomic E-state index is 0.0338. The number of amides is 1. The van der Waals surface area contributed by atoms with Gasteiger partial charge in [-0.05, 0) is 36.8 Å². The Labute approximate surface area is 167 Å². The number of aromatic nitrogens is 2. The number of thioether (sulfide) groups is 1. The number of nitrogens with zero attached hydrogens (tertiary/aromatic N) is 3. The maximum atomic E-state index is 13.2. The summed E-state index contributed by atoms with van der Waals surface area (Å²) in [6.07, 6.45) is 0. The van der Waals surface area contributed by atoms with Crippen molar-refractivity contribution in [2.45, 2.75) is 12.1 Å². The summed E-state index contributed by atoms with van der Waals surface area (Å²) in [7, 11) is 0. The Morgan fingerprint density at radius 3 is 2.71 bits per heavy atom. The first-order valence-electron chi connectivity index (χ1n) is 9.20. The summed E-state index contributed by atoms with van der Waals surface area (Å²) in [5.74, 6) is 0.267. The topological polar surface area (TPSA) is 64.4 Å². The zero-order chi connectivity index (χ0) is 19.5. The third-order valence-electron chi connectivity index (χ3n) is 4.69. The van der Waals surface area contributed by atoms with E-state index in [1.54, 1.807) is 15.5 Å². The average Bonchev–Trinajstić information content (AvgIpc) is 2.73. The fraction of sp³-hybridized carbons (Fsp3) is 0.286. The number of carbonyl (C=O) groups is 1. The van der Waals surface area contributed by atoms with Crippen LogP contribution < -0.4 is 5.56 Å². The monoisotopic (exact) mass is 395 g/mol. The molecule has 0 bridgehead atoms. The lowest BCUT2D eigenvalue weighted by Crippen LogP contribution is -2.41. The maximum Gasteiger partial charge on any atom is 0.266 e. The minimum Gasteiger partial charge on any atom is -0.378 e. The van der Waals surface area contributed by atoms with Gasteiger partial charge in [0, 0.05) is 13.1 Å². The lowest BCUT2D eigenvalue weighted by atomic mass is 10.2. The van der Waals surface area contributed by atoms with Gasteiger partial charge in [0.25, 0.3) is 5.56 Å². The number of rotatable bonds is 4. The summed E-state index contributed by atoms with van der Waals surface area (Å²) in [5.41, 5.74) is 2.32. The Kier molecular flexibility index (Phi) is 5.45. The second-order valence-corrected chi connectivity index (χ2v) is 7.62. The first kappa shape index (κ1) is 18.7. The molecule has 0 unspecified atom stereocenters. The molecule has 0 aliphatic carbocycles. The molecule has 1 aliphatic rings. The van der Waals surface area contributed by atoms with E-state index in [9.17, 15) is 9.59 Å². The van der Waals surface area contributed by atoms with E-state index in [1.165, 1.54) is 11.8 Å². The molecule has 0 radical (unpaired) electrons. The van der Waals surface area contributed by atoms with Crippen molar-refractivity contribution in [3.8, 4) is 5.69 Å². The highest BCUT2D eigenvalue weighted by Crippen LogP contribution is 2.22. The summed E-state index contributed by atoms with van der Waals surface area (Å²) in [4.78, 5) is 32.2. The van der Waals surface area contributed by atoms with Gasteiger partial charge in [0.15, 0.2) is 5.16 Å². The van der Waals surface area contributed by atoms with Gasteiger partial charge in [0.05, 0.1) is 35.6 Å². The highest BCUT2D eigenvalue weighted by atomic mass is 32.2. The second-order valence-electron chi connectivity index (χ2n) is 6.67. The lowest BCUT2D eigenvalue weighted by Gasteiger charge is -2.26. The fourth-order valence-electron chi connectivity index (χ4n) is 3.23. The van der Waals surface area contributed by atoms with Crippen molar-refractivity contribution >= 4 is 28.6 Å². The molecule has 2 aromatic carbocycles. The van der Waals surface area contributed by atoms with Crippen LogP contribution in [0, 0.1) is 6.92 Å². The Hall–Kier alpha value is -2.64. The zero-order valence-corrected chi connectivity index (χ0v) is 16.4. The van der Waals surface area contributed by atoms with Crippen LogP contribution in [0.4, 0.5) is 0 Å². The van der Waals surface area contributed by atoms with E-state index in [0.29, 0.717) is 42.4 Å². The second kappa shape index (κ2) is 8.16. The quantitative estimate of drug-likeness (QED) is 0.502. The van der Waals surface area contributed by atoms with Gasteiger partial charge < -0.3 is 9.64 Å². The number of ether oxygens (including phenoxy) is 1. The van der Waals surface area contributed by atoms with Crippen LogP contribution in [-0.2, 0) is 9.53 Å². The fourth-order valence-corrected chi connectivity index (χ4v) is 4.15. The van der Waals surface area contributed by atoms with Crippen LogP contribution in [0.3, 0.4) is 0 Å². The van der Waals surface area contributed by atoms with Crippen molar-refractivity contribution in [3.05, 3.63) is 64.4 Å². The molecular formula is C21H21N3O3S. The Morgan fingerprint density at radius 2 is 1.93 bits per heavy atom. The SMILES string of the molecule is Cc1cccc(-n2c(SCC(=O)N3CCOCC3)nc3ccccc3c2=O)c1. The van der Waals surface area contributed by atoms with Crippen LogP contribution in [0.1, 0.15) is 5.56 Å². The maximum absolute atomic E-state index is 13.2. The molecule has 2 heterocycles. The van der Waals surface area contributed by atoms with Crippen LogP contribution >= 0.6 is 11.8 Å². The molecule has 1 aliphatic heterocycles. The summed E-state index contributed by atoms with van der Waals surface area (Å²) >= 11 is 1.30. The summed E-state index contributed by atoms with van der Waals surface area (Å²) < 4.78 is 6.91. The molecule has 1 aromatic heterocycles. The highest BCUT2D eigenvalue weighted by Gasteiger charge is 2.19. The number of aryl methyl sites for hydroxylation is 1. The Balaban J connectivity index is 1.72. The largest absolute Gasteiger partial charge is 0.378 e. The Bertz CT molecular complexity index is 1070. The molecule has 1 saturated heterocycles. The molecule has 7 heteroatoms. The molecule has 0 saturated carbocycles. The van der Waals surface area contributed by atoms with Gasteiger partial charge in [-0.1, -0.05) is 36.0 Å². The van der Waals surface area contributed by atoms with Crippen molar-refractivity contribution in [3.63, 3.8) is 0 Å². The van der Waals surface area contributed by atoms with Crippen LogP contribution in [0.25, 0.3) is 16.6 Å². The molecule has 0 atom stereocenters. The van der Waals surface area contributed by atoms with Gasteiger partial charge in [-0.3, -0.25) is 14.2 Å². The molecule has 6 nitrogen and oxygen atoms in total.